The number of nitrogens with two attached hydrogens (primary N) is 1. The van der Waals surface area contributed by atoms with Gasteiger partial charge in [0.15, 0.2) is 0 Å². The molecule has 1 aromatic carbocycles. The lowest BCUT2D eigenvalue weighted by Crippen LogP contribution is -2.47. The van der Waals surface area contributed by atoms with Crippen LogP contribution in [0.3, 0.4) is 0 Å². The van der Waals surface area contributed by atoms with Crippen molar-refractivity contribution in [3.8, 4) is 5.75 Å². The SMILES string of the molecule is CC(C)C(NC1CCOc2c(Cl)cc(Cl)cc21)C(N)=O. The second kappa shape index (κ2) is 6.20. The summed E-state index contributed by atoms with van der Waals surface area (Å²) in [6, 6.07) is 3.02. The van der Waals surface area contributed by atoms with Gasteiger partial charge in [0.2, 0.25) is 5.91 Å². The Hall–Kier alpha value is -0.970. The average Bonchev–Trinajstić information content (AvgIpc) is 2.35. The third kappa shape index (κ3) is 3.19. The van der Waals surface area contributed by atoms with Crippen molar-refractivity contribution in [1.82, 2.24) is 5.32 Å². The summed E-state index contributed by atoms with van der Waals surface area (Å²) < 4.78 is 5.60. The number of carbonyl (C=O) groups excluding carboxylic acids is 1. The summed E-state index contributed by atoms with van der Waals surface area (Å²) in [5.74, 6) is 0.376. The second-order valence-electron chi connectivity index (χ2n) is 5.29. The topological polar surface area (TPSA) is 64.3 Å². The van der Waals surface area contributed by atoms with E-state index in [2.05, 4.69) is 5.32 Å². The first-order valence-electron chi connectivity index (χ1n) is 6.57. The molecule has 6 heteroatoms. The van der Waals surface area contributed by atoms with Crippen molar-refractivity contribution >= 4 is 29.1 Å². The van der Waals surface area contributed by atoms with Crippen LogP contribution in [-0.4, -0.2) is 18.6 Å². The lowest BCUT2D eigenvalue weighted by atomic mass is 9.96. The number of hydrogen-bond donors (Lipinski definition) is 2. The molecule has 0 spiro atoms. The van der Waals surface area contributed by atoms with Crippen LogP contribution in [0.5, 0.6) is 5.75 Å². The molecule has 0 fully saturated rings. The standard InChI is InChI=1S/C14H18Cl2N2O2/c1-7(2)12(14(17)19)18-11-3-4-20-13-9(11)5-8(15)6-10(13)16/h5-7,11-12,18H,3-4H2,1-2H3,(H2,17,19). The molecule has 0 saturated heterocycles. The fourth-order valence-corrected chi connectivity index (χ4v) is 2.98. The quantitative estimate of drug-likeness (QED) is 0.897. The maximum Gasteiger partial charge on any atom is 0.234 e. The molecule has 1 amide bonds. The van der Waals surface area contributed by atoms with Gasteiger partial charge in [-0.15, -0.1) is 0 Å². The number of fused-ring (bicyclic) bond motifs is 1. The van der Waals surface area contributed by atoms with Crippen LogP contribution in [-0.2, 0) is 4.79 Å². The van der Waals surface area contributed by atoms with Gasteiger partial charge >= 0.3 is 0 Å². The van der Waals surface area contributed by atoms with E-state index in [1.807, 2.05) is 19.9 Å². The summed E-state index contributed by atoms with van der Waals surface area (Å²) >= 11 is 12.2. The number of hydrogen-bond acceptors (Lipinski definition) is 3. The molecule has 3 N–H and O–H groups in total. The monoisotopic (exact) mass is 316 g/mol. The number of benzene rings is 1. The van der Waals surface area contributed by atoms with Gasteiger partial charge in [-0.3, -0.25) is 10.1 Å². The Labute approximate surface area is 128 Å². The average molecular weight is 317 g/mol. The second-order valence-corrected chi connectivity index (χ2v) is 6.13. The van der Waals surface area contributed by atoms with E-state index in [0.717, 1.165) is 12.0 Å². The minimum Gasteiger partial charge on any atom is -0.492 e. The van der Waals surface area contributed by atoms with E-state index in [-0.39, 0.29) is 17.9 Å². The van der Waals surface area contributed by atoms with Crippen molar-refractivity contribution in [2.75, 3.05) is 6.61 Å². The van der Waals surface area contributed by atoms with Gasteiger partial charge < -0.3 is 10.5 Å². The zero-order valence-corrected chi connectivity index (χ0v) is 13.0. The van der Waals surface area contributed by atoms with Gasteiger partial charge in [-0.05, 0) is 18.1 Å². The van der Waals surface area contributed by atoms with Crippen molar-refractivity contribution in [1.29, 1.82) is 0 Å². The van der Waals surface area contributed by atoms with Gasteiger partial charge in [0.25, 0.3) is 0 Å². The summed E-state index contributed by atoms with van der Waals surface area (Å²) in [5.41, 5.74) is 6.33. The van der Waals surface area contributed by atoms with Crippen molar-refractivity contribution in [3.05, 3.63) is 27.7 Å². The van der Waals surface area contributed by atoms with Crippen LogP contribution in [0.15, 0.2) is 12.1 Å². The zero-order valence-electron chi connectivity index (χ0n) is 11.5. The van der Waals surface area contributed by atoms with Gasteiger partial charge in [-0.25, -0.2) is 0 Å². The minimum absolute atomic E-state index is 0.0464. The fourth-order valence-electron chi connectivity index (χ4n) is 2.42. The highest BCUT2D eigenvalue weighted by Gasteiger charge is 2.29. The van der Waals surface area contributed by atoms with Crippen LogP contribution in [0, 0.1) is 5.92 Å². The van der Waals surface area contributed by atoms with Gasteiger partial charge in [0, 0.05) is 23.0 Å². The Morgan fingerprint density at radius 3 is 2.75 bits per heavy atom. The van der Waals surface area contributed by atoms with Crippen LogP contribution in [0.4, 0.5) is 0 Å². The molecule has 1 aromatic rings. The van der Waals surface area contributed by atoms with Crippen LogP contribution in [0.2, 0.25) is 10.0 Å². The minimum atomic E-state index is -0.399. The highest BCUT2D eigenvalue weighted by molar-refractivity contribution is 6.35. The predicted octanol–water partition coefficient (Wildman–Crippen LogP) is 2.92. The van der Waals surface area contributed by atoms with Crippen molar-refractivity contribution < 1.29 is 9.53 Å². The summed E-state index contributed by atoms with van der Waals surface area (Å²) in [7, 11) is 0. The predicted molar refractivity (Wildman–Crippen MR) is 80.3 cm³/mol. The number of ether oxygens (including phenoxy) is 1. The molecule has 0 bridgehead atoms. The lowest BCUT2D eigenvalue weighted by molar-refractivity contribution is -0.121. The molecule has 20 heavy (non-hydrogen) atoms. The van der Waals surface area contributed by atoms with E-state index in [9.17, 15) is 4.79 Å². The molecule has 0 aromatic heterocycles. The number of primary amides is 1. The Morgan fingerprint density at radius 1 is 1.45 bits per heavy atom. The Balaban J connectivity index is 2.30. The van der Waals surface area contributed by atoms with Gasteiger partial charge in [-0.2, -0.15) is 0 Å². The number of halogens is 2. The van der Waals surface area contributed by atoms with Crippen LogP contribution in [0.1, 0.15) is 31.9 Å². The van der Waals surface area contributed by atoms with Crippen LogP contribution < -0.4 is 15.8 Å². The summed E-state index contributed by atoms with van der Waals surface area (Å²) in [5, 5.41) is 4.33. The van der Waals surface area contributed by atoms with Gasteiger partial charge in [0.05, 0.1) is 17.7 Å². The lowest BCUT2D eigenvalue weighted by Gasteiger charge is -2.31. The number of nitrogens with one attached hydrogen (secondary N) is 1. The Bertz CT molecular complexity index is 520. The molecule has 1 aliphatic rings. The molecule has 0 radical (unpaired) electrons. The zero-order chi connectivity index (χ0) is 14.9. The van der Waals surface area contributed by atoms with Crippen molar-refractivity contribution in [3.63, 3.8) is 0 Å². The maximum atomic E-state index is 11.5. The van der Waals surface area contributed by atoms with E-state index >= 15 is 0 Å². The first-order valence-corrected chi connectivity index (χ1v) is 7.33. The summed E-state index contributed by atoms with van der Waals surface area (Å²) in [6.45, 7) is 4.44. The first-order chi connectivity index (χ1) is 9.40. The molecule has 110 valence electrons. The van der Waals surface area contributed by atoms with E-state index in [0.29, 0.717) is 22.4 Å². The third-order valence-corrected chi connectivity index (χ3v) is 3.92. The first kappa shape index (κ1) is 15.4. The van der Waals surface area contributed by atoms with E-state index in [1.54, 1.807) is 6.07 Å². The van der Waals surface area contributed by atoms with E-state index < -0.39 is 6.04 Å². The number of amides is 1. The smallest absolute Gasteiger partial charge is 0.234 e. The largest absolute Gasteiger partial charge is 0.492 e. The van der Waals surface area contributed by atoms with Crippen molar-refractivity contribution in [2.24, 2.45) is 11.7 Å². The molecule has 2 rings (SSSR count). The molecule has 2 atom stereocenters. The van der Waals surface area contributed by atoms with Gasteiger partial charge in [0.1, 0.15) is 5.75 Å². The number of rotatable bonds is 4. The van der Waals surface area contributed by atoms with E-state index in [1.165, 1.54) is 0 Å². The van der Waals surface area contributed by atoms with E-state index in [4.69, 9.17) is 33.7 Å². The highest BCUT2D eigenvalue weighted by atomic mass is 35.5. The molecular weight excluding hydrogens is 299 g/mol. The summed E-state index contributed by atoms with van der Waals surface area (Å²) in [6.07, 6.45) is 0.736. The fraction of sp³-hybridized carbons (Fsp3) is 0.500. The van der Waals surface area contributed by atoms with Crippen LogP contribution in [0.25, 0.3) is 0 Å². The molecule has 1 heterocycles. The third-order valence-electron chi connectivity index (χ3n) is 3.42. The highest BCUT2D eigenvalue weighted by Crippen LogP contribution is 2.40. The normalized spacial score (nSPS) is 19.4. The molecule has 4 nitrogen and oxygen atoms in total. The van der Waals surface area contributed by atoms with Crippen LogP contribution >= 0.6 is 23.2 Å². The maximum absolute atomic E-state index is 11.5. The Morgan fingerprint density at radius 2 is 2.15 bits per heavy atom. The Kier molecular flexibility index (Phi) is 4.78. The summed E-state index contributed by atoms with van der Waals surface area (Å²) in [4.78, 5) is 11.5. The molecule has 0 saturated carbocycles. The molecule has 0 aliphatic carbocycles. The molecule has 2 unspecified atom stereocenters. The molecular formula is C14H18Cl2N2O2. The number of carbonyl (C=O) groups is 1. The van der Waals surface area contributed by atoms with Crippen molar-refractivity contribution in [2.45, 2.75) is 32.4 Å². The van der Waals surface area contributed by atoms with Gasteiger partial charge in [-0.1, -0.05) is 37.0 Å². The molecule has 1 aliphatic heterocycles.